The molecule has 7 heterocycles. The molecule has 0 unspecified atom stereocenters. The summed E-state index contributed by atoms with van der Waals surface area (Å²) in [6.45, 7) is 9.85. The van der Waals surface area contributed by atoms with Crippen molar-refractivity contribution in [2.75, 3.05) is 50.6 Å². The zero-order chi connectivity index (χ0) is 55.2. The number of morpholine rings is 1. The third-order valence-electron chi connectivity index (χ3n) is 12.9. The van der Waals surface area contributed by atoms with Crippen molar-refractivity contribution in [3.63, 3.8) is 0 Å². The maximum absolute atomic E-state index is 14.8. The topological polar surface area (TPSA) is 207 Å². The molecule has 2 atom stereocenters. The number of aromatic nitrogens is 10. The molecule has 11 rings (SSSR count). The number of anilines is 2. The minimum Gasteiger partial charge on any atom is -0.497 e. The highest BCUT2D eigenvalue weighted by Gasteiger charge is 2.22. The summed E-state index contributed by atoms with van der Waals surface area (Å²) in [5, 5.41) is 18.2. The predicted molar refractivity (Wildman–Crippen MR) is 309 cm³/mol. The molecule has 0 radical (unpaired) electrons. The zero-order valence-corrected chi connectivity index (χ0v) is 45.2. The van der Waals surface area contributed by atoms with Crippen LogP contribution in [0.1, 0.15) is 79.4 Å². The number of ether oxygens (including phenoxy) is 2. The fourth-order valence-corrected chi connectivity index (χ4v) is 9.92. The molecule has 10 aromatic rings. The molecule has 1 aliphatic heterocycles. The number of aromatic amines is 1. The monoisotopic (exact) mass is 1170 g/mol. The van der Waals surface area contributed by atoms with Gasteiger partial charge in [0, 0.05) is 53.2 Å². The van der Waals surface area contributed by atoms with E-state index in [9.17, 15) is 18.0 Å². The van der Waals surface area contributed by atoms with Crippen LogP contribution in [0, 0.1) is 24.4 Å². The van der Waals surface area contributed by atoms with E-state index in [-0.39, 0.29) is 54.1 Å². The fourth-order valence-electron chi connectivity index (χ4n) is 8.75. The minimum absolute atomic E-state index is 0. The summed E-state index contributed by atoms with van der Waals surface area (Å²) in [6, 6.07) is 18.8. The van der Waals surface area contributed by atoms with Gasteiger partial charge in [0.05, 0.1) is 89.3 Å². The van der Waals surface area contributed by atoms with Crippen molar-refractivity contribution >= 4 is 108 Å². The summed E-state index contributed by atoms with van der Waals surface area (Å²) in [5.74, 6) is -0.552. The molecule has 4 N–H and O–H groups in total. The Morgan fingerprint density at radius 3 is 2.02 bits per heavy atom. The van der Waals surface area contributed by atoms with Crippen LogP contribution in [0.5, 0.6) is 5.75 Å². The van der Waals surface area contributed by atoms with Crippen LogP contribution in [0.3, 0.4) is 0 Å². The summed E-state index contributed by atoms with van der Waals surface area (Å²) in [7, 11) is 1.64. The summed E-state index contributed by atoms with van der Waals surface area (Å²) in [5.41, 5.74) is 5.60. The average molecular weight is 1170 g/mol. The molecular weight excluding hydrogens is 1120 g/mol. The van der Waals surface area contributed by atoms with Gasteiger partial charge in [-0.3, -0.25) is 9.88 Å². The van der Waals surface area contributed by atoms with Gasteiger partial charge < -0.3 is 34.8 Å². The van der Waals surface area contributed by atoms with Crippen molar-refractivity contribution in [3.8, 4) is 5.75 Å². The molecule has 6 aromatic heterocycles. The van der Waals surface area contributed by atoms with Gasteiger partial charge in [0.2, 0.25) is 0 Å². The quantitative estimate of drug-likeness (QED) is 0.0792. The number of imidazole rings is 2. The van der Waals surface area contributed by atoms with E-state index < -0.39 is 17.6 Å². The number of pyridine rings is 2. The Bertz CT molecular complexity index is 3810. The van der Waals surface area contributed by atoms with E-state index in [0.717, 1.165) is 55.9 Å². The van der Waals surface area contributed by atoms with Crippen LogP contribution in [-0.4, -0.2) is 105 Å². The molecule has 0 bridgehead atoms. The Morgan fingerprint density at radius 2 is 1.36 bits per heavy atom. The van der Waals surface area contributed by atoms with Crippen molar-refractivity contribution in [2.24, 2.45) is 0 Å². The number of fused-ring (bicyclic) bond motifs is 4. The van der Waals surface area contributed by atoms with Crippen molar-refractivity contribution in [1.29, 1.82) is 0 Å². The second-order valence-corrected chi connectivity index (χ2v) is 19.5. The average Bonchev–Trinajstić information content (AvgIpc) is 4.10. The summed E-state index contributed by atoms with van der Waals surface area (Å²) < 4.78 is 54.6. The Kier molecular flexibility index (Phi) is 20.1. The van der Waals surface area contributed by atoms with Crippen molar-refractivity contribution in [3.05, 3.63) is 170 Å². The Balaban J connectivity index is 0.000000188. The van der Waals surface area contributed by atoms with Gasteiger partial charge in [0.25, 0.3) is 0 Å². The van der Waals surface area contributed by atoms with Crippen LogP contribution in [-0.2, 0) is 17.7 Å². The lowest BCUT2D eigenvalue weighted by atomic mass is 10.0. The molecule has 1 saturated heterocycles. The second-order valence-electron chi connectivity index (χ2n) is 17.9. The maximum atomic E-state index is 14.8. The third-order valence-corrected chi connectivity index (χ3v) is 14.1. The Labute approximate surface area is 478 Å². The molecule has 0 aliphatic carbocycles. The molecule has 4 aromatic carbocycles. The number of H-pyrrole nitrogens is 1. The molecular formula is C56H56Cl4F3N13O4. The molecule has 1 fully saturated rings. The maximum Gasteiger partial charge on any atom is 0.337 e. The van der Waals surface area contributed by atoms with Gasteiger partial charge in [0.1, 0.15) is 52.0 Å². The zero-order valence-electron chi connectivity index (χ0n) is 42.1. The molecule has 24 heteroatoms. The first kappa shape index (κ1) is 60.2. The Morgan fingerprint density at radius 1 is 0.762 bits per heavy atom. The largest absolute Gasteiger partial charge is 0.497 e. The number of nitrogens with zero attached hydrogens (tertiary/aromatic N) is 10. The number of nitrogens with one attached hydrogen (secondary N) is 3. The number of aromatic carboxylic acids is 1. The number of methoxy groups -OCH3 is 1. The van der Waals surface area contributed by atoms with E-state index in [2.05, 4.69) is 55.4 Å². The highest BCUT2D eigenvalue weighted by atomic mass is 35.5. The van der Waals surface area contributed by atoms with E-state index in [1.165, 1.54) is 43.8 Å². The highest BCUT2D eigenvalue weighted by molar-refractivity contribution is 6.41. The third kappa shape index (κ3) is 13.4. The number of hydrogen-bond acceptors (Lipinski definition) is 14. The molecule has 0 amide bonds. The fraction of sp³-hybridized carbons (Fsp3) is 0.268. The van der Waals surface area contributed by atoms with E-state index >= 15 is 0 Å². The van der Waals surface area contributed by atoms with Crippen LogP contribution in [0.15, 0.2) is 98.1 Å². The standard InChI is InChI=1S/C24H19Cl2FN6O.C22H23ClFN7O.C8H6ClFO2.2CH4/c1-13(19-9-16-18(27)8-7-17(25)20(16)22(26)32-19)31-23-21-24(29-11-28-23)33(12-30-21)10-14-3-5-15(34-2)6-4-14;1-13(29-22-20-21(26-11-25-20)27-12-28-22)18-10-14-16(24)3-2-15(23)19(14)17(30-18)4-5-31-6-8-32-9-7-31;1-4-6(10)3-2-5(9)7(4)8(11)12;;/h3-9,11-13H,10H2,1-2H3,(H,28,29,31);2-3,10-13H,4-9H2,1H3,(H2,25,26,27,28,29);2-3H,1H3,(H,11,12);2*1H4/t2*13-;;;/m00.../s1. The summed E-state index contributed by atoms with van der Waals surface area (Å²) in [4.78, 5) is 51.2. The van der Waals surface area contributed by atoms with Crippen molar-refractivity contribution < 1.29 is 32.5 Å². The molecule has 0 saturated carbocycles. The molecule has 0 spiro atoms. The number of hydrogen-bond donors (Lipinski definition) is 4. The van der Waals surface area contributed by atoms with Gasteiger partial charge in [-0.2, -0.15) is 0 Å². The van der Waals surface area contributed by atoms with Crippen LogP contribution < -0.4 is 15.4 Å². The molecule has 1 aliphatic rings. The minimum atomic E-state index is -1.21. The molecule has 17 nitrogen and oxygen atoms in total. The lowest BCUT2D eigenvalue weighted by Gasteiger charge is -2.26. The SMILES string of the molecule is C.C.COc1ccc(Cn2cnc3c(N[C@@H](C)c4cc5c(F)ccc(Cl)c5c(Cl)n4)ncnc32)cc1.C[C@H](Nc1ncnc2nc[nH]c12)c1cc2c(F)ccc(Cl)c2c(CCN2CCOCC2)n1.Cc1c(F)ccc(Cl)c1C(=O)O. The highest BCUT2D eigenvalue weighted by Crippen LogP contribution is 2.35. The van der Waals surface area contributed by atoms with Crippen LogP contribution >= 0.6 is 46.4 Å². The van der Waals surface area contributed by atoms with Crippen LogP contribution in [0.4, 0.5) is 24.8 Å². The van der Waals surface area contributed by atoms with E-state index in [4.69, 9.17) is 66.0 Å². The first-order chi connectivity index (χ1) is 37.6. The number of benzene rings is 4. The molecule has 80 heavy (non-hydrogen) atoms. The van der Waals surface area contributed by atoms with Crippen LogP contribution in [0.25, 0.3) is 43.9 Å². The van der Waals surface area contributed by atoms with Crippen molar-refractivity contribution in [2.45, 2.75) is 60.7 Å². The van der Waals surface area contributed by atoms with Crippen LogP contribution in [0.2, 0.25) is 20.2 Å². The number of carbonyl (C=O) groups is 1. The van der Waals surface area contributed by atoms with E-state index in [1.54, 1.807) is 38.0 Å². The first-order valence-corrected chi connectivity index (χ1v) is 25.7. The number of halogens is 7. The smallest absolute Gasteiger partial charge is 0.337 e. The normalized spacial score (nSPS) is 13.1. The van der Waals surface area contributed by atoms with Gasteiger partial charge in [-0.15, -0.1) is 0 Å². The van der Waals surface area contributed by atoms with Gasteiger partial charge >= 0.3 is 5.97 Å². The van der Waals surface area contributed by atoms with Crippen molar-refractivity contribution in [1.82, 2.24) is 54.3 Å². The summed E-state index contributed by atoms with van der Waals surface area (Å²) in [6.07, 6.45) is 6.90. The number of rotatable bonds is 13. The molecule has 418 valence electrons. The lowest BCUT2D eigenvalue weighted by Crippen LogP contribution is -2.37. The second kappa shape index (κ2) is 26.7. The predicted octanol–water partition coefficient (Wildman–Crippen LogP) is 13.5. The first-order valence-electron chi connectivity index (χ1n) is 24.2. The number of carboxylic acid groups (broad SMARTS) is 1. The van der Waals surface area contributed by atoms with Gasteiger partial charge in [-0.1, -0.05) is 73.4 Å². The summed E-state index contributed by atoms with van der Waals surface area (Å²) >= 11 is 24.6. The number of carboxylic acids is 1. The van der Waals surface area contributed by atoms with E-state index in [1.807, 2.05) is 42.7 Å². The Hall–Kier alpha value is -7.46. The van der Waals surface area contributed by atoms with Gasteiger partial charge in [-0.05, 0) is 87.0 Å². The lowest BCUT2D eigenvalue weighted by molar-refractivity contribution is 0.0384. The van der Waals surface area contributed by atoms with Gasteiger partial charge in [0.15, 0.2) is 22.9 Å². The van der Waals surface area contributed by atoms with E-state index in [0.29, 0.717) is 89.9 Å². The van der Waals surface area contributed by atoms with Gasteiger partial charge in [-0.25, -0.2) is 52.9 Å².